The van der Waals surface area contributed by atoms with Gasteiger partial charge < -0.3 is 0 Å². The van der Waals surface area contributed by atoms with Gasteiger partial charge in [-0.05, 0) is 0 Å². The van der Waals surface area contributed by atoms with Crippen LogP contribution in [0.2, 0.25) is 0 Å². The summed E-state index contributed by atoms with van der Waals surface area (Å²) in [5, 5.41) is 0. The minimum Gasteiger partial charge on any atom is -0.106 e. The molecule has 0 heteroatoms. The first-order valence-corrected chi connectivity index (χ1v) is 5.50. The summed E-state index contributed by atoms with van der Waals surface area (Å²) in [6.07, 6.45) is 6.00. The summed E-state index contributed by atoms with van der Waals surface area (Å²) in [4.78, 5) is 0. The van der Waals surface area contributed by atoms with Crippen molar-refractivity contribution in [1.82, 2.24) is 0 Å². The summed E-state index contributed by atoms with van der Waals surface area (Å²) < 4.78 is 0. The predicted octanol–water partition coefficient (Wildman–Crippen LogP) is 12.3. The lowest BCUT2D eigenvalue weighted by atomic mass is 10.0. The highest BCUT2D eigenvalue weighted by Crippen LogP contribution is 2.15. The van der Waals surface area contributed by atoms with E-state index in [0.29, 0.717) is 0 Å². The normalized spacial score (nSPS) is 4.77. The van der Waals surface area contributed by atoms with Crippen LogP contribution in [0.1, 0.15) is 85.1 Å². The van der Waals surface area contributed by atoms with Gasteiger partial charge in [-0.3, -0.25) is 0 Å². The van der Waals surface area contributed by atoms with Gasteiger partial charge in [0, 0.05) is 0 Å². The zero-order valence-corrected chi connectivity index (χ0v) is 12.7. The second-order valence-corrected chi connectivity index (χ2v) is 1.41. The average Bonchev–Trinajstić information content (AvgIpc) is 2.51. The molecule has 0 spiro atoms. The van der Waals surface area contributed by atoms with Crippen molar-refractivity contribution in [2.75, 3.05) is 0 Å². The average molecular weight is 381 g/mol. The van der Waals surface area contributed by atoms with Crippen molar-refractivity contribution >= 4 is 0 Å². The lowest BCUT2D eigenvalue weighted by Crippen LogP contribution is -1.85. The zero-order valence-electron chi connectivity index (χ0n) is 12.7. The van der Waals surface area contributed by atoms with Crippen LogP contribution in [0.4, 0.5) is 0 Å². The molecule has 0 saturated heterocycles. The molecule has 0 amide bonds. The molecule has 0 heterocycles. The maximum absolute atomic E-state index is 3.00. The van der Waals surface area contributed by atoms with Crippen LogP contribution in [0.5, 0.6) is 0 Å². The fourth-order valence-electron chi connectivity index (χ4n) is 0.250. The molecule has 0 N–H and O–H groups in total. The van der Waals surface area contributed by atoms with Gasteiger partial charge >= 0.3 is 0 Å². The number of rotatable bonds is 0. The molecule has 0 bridgehead atoms. The van der Waals surface area contributed by atoms with Gasteiger partial charge in [0.15, 0.2) is 0 Å². The minimum absolute atomic E-state index is 0. The van der Waals surface area contributed by atoms with Crippen LogP contribution in [0, 0.1) is 0 Å². The molecule has 0 atom stereocenters. The predicted molar refractivity (Wildman–Crippen MR) is 151 cm³/mol. The second kappa shape index (κ2) is 2400. The van der Waals surface area contributed by atoms with Crippen molar-refractivity contribution < 1.29 is 0 Å². The van der Waals surface area contributed by atoms with E-state index in [1.54, 1.807) is 0 Å². The van der Waals surface area contributed by atoms with Crippen LogP contribution < -0.4 is 0 Å². The molecule has 0 aliphatic heterocycles. The molecule has 1 rings (SSSR count). The van der Waals surface area contributed by atoms with E-state index in [1.807, 2.05) is 0 Å². The van der Waals surface area contributed by atoms with Gasteiger partial charge in [0.25, 0.3) is 0 Å². The molecule has 0 nitrogen and oxygen atoms in total. The maximum Gasteiger partial charge on any atom is -0.0533 e. The van der Waals surface area contributed by atoms with Crippen LogP contribution >= 0.6 is 0 Å². The van der Waals surface area contributed by atoms with Gasteiger partial charge in [0.1, 0.15) is 0 Å². The highest BCUT2D eigenvalue weighted by atomic mass is 14.0. The molecule has 0 radical (unpaired) electrons. The van der Waals surface area contributed by atoms with E-state index in [4.69, 9.17) is 0 Å². The molecule has 1 aliphatic carbocycles. The zero-order chi connectivity index (χ0) is 16.8. The summed E-state index contributed by atoms with van der Waals surface area (Å²) in [5.41, 5.74) is 0. The molecule has 1 aliphatic rings. The molecular weight excluding hydrogens is 312 g/mol. The van der Waals surface area contributed by atoms with Crippen molar-refractivity contribution in [3.8, 4) is 0 Å². The Morgan fingerprint density at radius 2 is 0.231 bits per heavy atom. The standard InChI is InChI=1S/C4H8.7C2H4.8CH4/c1-2-4-3-1;7*1-2;;;;;;;;/h1-4H2;7*1-2H2;8*1H4. The third-order valence-electron chi connectivity index (χ3n) is 1.000. The molecule has 1 fully saturated rings. The third-order valence-corrected chi connectivity index (χ3v) is 1.000. The van der Waals surface area contributed by atoms with Gasteiger partial charge in [-0.15, -0.1) is 92.1 Å². The van der Waals surface area contributed by atoms with Crippen LogP contribution in [-0.2, 0) is 0 Å². The Morgan fingerprint density at radius 3 is 0.231 bits per heavy atom. The van der Waals surface area contributed by atoms with Crippen molar-refractivity contribution in [3.63, 3.8) is 0 Å². The van der Waals surface area contributed by atoms with Crippen LogP contribution in [0.3, 0.4) is 0 Å². The molecule has 0 aromatic rings. The Morgan fingerprint density at radius 1 is 0.192 bits per heavy atom. The largest absolute Gasteiger partial charge is 0.106 e. The van der Waals surface area contributed by atoms with E-state index in [2.05, 4.69) is 92.1 Å². The summed E-state index contributed by atoms with van der Waals surface area (Å²) in [7, 11) is 0. The molecule has 0 aromatic carbocycles. The maximum atomic E-state index is 3.00. The molecule has 26 heavy (non-hydrogen) atoms. The summed E-state index contributed by atoms with van der Waals surface area (Å²) in [6, 6.07) is 0. The highest BCUT2D eigenvalue weighted by molar-refractivity contribution is 4.50. The third kappa shape index (κ3) is 2090. The van der Waals surface area contributed by atoms with E-state index < -0.39 is 0 Å². The Labute approximate surface area is 177 Å². The van der Waals surface area contributed by atoms with E-state index in [-0.39, 0.29) is 59.4 Å². The van der Waals surface area contributed by atoms with Crippen LogP contribution in [0.25, 0.3) is 0 Å². The summed E-state index contributed by atoms with van der Waals surface area (Å²) in [5.74, 6) is 0. The Balaban J connectivity index is -0.00000000401. The first kappa shape index (κ1) is 154. The quantitative estimate of drug-likeness (QED) is 0.366. The van der Waals surface area contributed by atoms with Gasteiger partial charge in [-0.25, -0.2) is 0 Å². The minimum atomic E-state index is 0. The van der Waals surface area contributed by atoms with E-state index >= 15 is 0 Å². The van der Waals surface area contributed by atoms with Gasteiger partial charge in [0.2, 0.25) is 0 Å². The first-order chi connectivity index (χ1) is 9.00. The lowest BCUT2D eigenvalue weighted by Gasteiger charge is -2.05. The molecule has 1 saturated carbocycles. The molecule has 0 unspecified atom stereocenters. The SMILES string of the molecule is C.C.C.C.C.C.C.C.C1CCC1.C=C.C=C.C=C.C=C.C=C.C=C.C=C. The Bertz CT molecular complexity index is 48.5. The fourth-order valence-corrected chi connectivity index (χ4v) is 0.250. The van der Waals surface area contributed by atoms with E-state index in [1.165, 1.54) is 25.7 Å². The fraction of sp³-hybridized carbons (Fsp3) is 0.462. The monoisotopic (exact) mass is 381 g/mol. The van der Waals surface area contributed by atoms with Gasteiger partial charge in [-0.1, -0.05) is 85.1 Å². The van der Waals surface area contributed by atoms with E-state index in [9.17, 15) is 0 Å². The molecule has 0 aromatic heterocycles. The lowest BCUT2D eigenvalue weighted by molar-refractivity contribution is 0.504. The Kier molecular flexibility index (Phi) is 14200. The topological polar surface area (TPSA) is 0 Å². The van der Waals surface area contributed by atoms with Gasteiger partial charge in [-0.2, -0.15) is 0 Å². The number of hydrogen-bond acceptors (Lipinski definition) is 0. The number of hydrogen-bond donors (Lipinski definition) is 0. The summed E-state index contributed by atoms with van der Waals surface area (Å²) in [6.45, 7) is 42.0. The van der Waals surface area contributed by atoms with Gasteiger partial charge in [0.05, 0.1) is 0 Å². The highest BCUT2D eigenvalue weighted by Gasteiger charge is 1.95. The summed E-state index contributed by atoms with van der Waals surface area (Å²) >= 11 is 0. The van der Waals surface area contributed by atoms with Crippen molar-refractivity contribution in [1.29, 1.82) is 0 Å². The van der Waals surface area contributed by atoms with Crippen molar-refractivity contribution in [2.24, 2.45) is 0 Å². The van der Waals surface area contributed by atoms with Crippen molar-refractivity contribution in [3.05, 3.63) is 92.1 Å². The molecule has 172 valence electrons. The second-order valence-electron chi connectivity index (χ2n) is 1.41. The smallest absolute Gasteiger partial charge is 0.0533 e. The molecular formula is C26H68. The Hall–Kier alpha value is -1.82. The van der Waals surface area contributed by atoms with E-state index in [0.717, 1.165) is 0 Å². The first-order valence-electron chi connectivity index (χ1n) is 5.50. The van der Waals surface area contributed by atoms with Crippen molar-refractivity contribution in [2.45, 2.75) is 85.1 Å². The van der Waals surface area contributed by atoms with Crippen LogP contribution in [0.15, 0.2) is 92.1 Å². The van der Waals surface area contributed by atoms with Crippen LogP contribution in [-0.4, -0.2) is 0 Å².